The quantitative estimate of drug-likeness (QED) is 0.352. The van der Waals surface area contributed by atoms with Crippen molar-refractivity contribution >= 4 is 0 Å². The maximum Gasteiger partial charge on any atom is 0.0327 e. The van der Waals surface area contributed by atoms with E-state index in [9.17, 15) is 0 Å². The Balaban J connectivity index is 2.41. The van der Waals surface area contributed by atoms with Crippen molar-refractivity contribution in [2.24, 2.45) is 11.8 Å². The second-order valence-corrected chi connectivity index (χ2v) is 3.65. The lowest BCUT2D eigenvalue weighted by Crippen LogP contribution is -2.34. The van der Waals surface area contributed by atoms with Gasteiger partial charge >= 0.3 is 0 Å². The summed E-state index contributed by atoms with van der Waals surface area (Å²) in [5.74, 6) is 5.93. The van der Waals surface area contributed by atoms with Gasteiger partial charge in [0.15, 0.2) is 0 Å². The Morgan fingerprint density at radius 3 is 3.21 bits per heavy atom. The maximum atomic E-state index is 5.36. The van der Waals surface area contributed by atoms with Crippen LogP contribution in [0.5, 0.6) is 0 Å². The molecule has 1 aliphatic carbocycles. The van der Waals surface area contributed by atoms with Gasteiger partial charge in [0.1, 0.15) is 0 Å². The Morgan fingerprint density at radius 2 is 2.50 bits per heavy atom. The molecule has 0 aromatic rings. The van der Waals surface area contributed by atoms with Crippen LogP contribution in [0.2, 0.25) is 0 Å². The van der Waals surface area contributed by atoms with Crippen LogP contribution in [0.3, 0.4) is 0 Å². The molecule has 0 fully saturated rings. The molecule has 1 atom stereocenters. The highest BCUT2D eigenvalue weighted by atomic mass is 15.2. The Bertz CT molecular complexity index is 209. The van der Waals surface area contributed by atoms with Crippen molar-refractivity contribution in [2.45, 2.75) is 26.2 Å². The summed E-state index contributed by atoms with van der Waals surface area (Å²) in [7, 11) is 0. The van der Waals surface area contributed by atoms with Gasteiger partial charge in [0.2, 0.25) is 0 Å². The fourth-order valence-corrected chi connectivity index (χ4v) is 1.81. The molecule has 4 N–H and O–H groups in total. The lowest BCUT2D eigenvalue weighted by atomic mass is 9.92. The van der Waals surface area contributed by atoms with E-state index in [0.717, 1.165) is 13.1 Å². The number of allylic oxidation sites excluding steroid dienone is 2. The van der Waals surface area contributed by atoms with Crippen molar-refractivity contribution < 1.29 is 0 Å². The minimum atomic E-state index is 0.569. The van der Waals surface area contributed by atoms with Gasteiger partial charge in [-0.05, 0) is 26.2 Å². The van der Waals surface area contributed by atoms with E-state index in [1.54, 1.807) is 0 Å². The molecule has 80 valence electrons. The molecular formula is C11H21N3. The summed E-state index contributed by atoms with van der Waals surface area (Å²) in [6.45, 7) is 3.83. The van der Waals surface area contributed by atoms with Crippen LogP contribution in [0.25, 0.3) is 0 Å². The van der Waals surface area contributed by atoms with Crippen molar-refractivity contribution in [1.29, 1.82) is 0 Å². The molecule has 1 unspecified atom stereocenters. The zero-order chi connectivity index (χ0) is 10.2. The van der Waals surface area contributed by atoms with E-state index in [1.807, 2.05) is 6.92 Å². The SMILES string of the molecule is C/C=C\CNC1=CCCCC1CNN. The molecule has 0 aromatic carbocycles. The topological polar surface area (TPSA) is 50.1 Å². The normalized spacial score (nSPS) is 22.4. The van der Waals surface area contributed by atoms with Crippen molar-refractivity contribution in [3.05, 3.63) is 23.9 Å². The van der Waals surface area contributed by atoms with Gasteiger partial charge in [-0.3, -0.25) is 11.3 Å². The zero-order valence-electron chi connectivity index (χ0n) is 8.92. The van der Waals surface area contributed by atoms with Crippen molar-refractivity contribution in [3.8, 4) is 0 Å². The monoisotopic (exact) mass is 195 g/mol. The fraction of sp³-hybridized carbons (Fsp3) is 0.636. The maximum absolute atomic E-state index is 5.36. The fourth-order valence-electron chi connectivity index (χ4n) is 1.81. The molecule has 3 nitrogen and oxygen atoms in total. The van der Waals surface area contributed by atoms with E-state index in [-0.39, 0.29) is 0 Å². The summed E-state index contributed by atoms with van der Waals surface area (Å²) in [4.78, 5) is 0. The van der Waals surface area contributed by atoms with Crippen molar-refractivity contribution in [2.75, 3.05) is 13.1 Å². The van der Waals surface area contributed by atoms with Gasteiger partial charge in [-0.25, -0.2) is 0 Å². The van der Waals surface area contributed by atoms with E-state index in [2.05, 4.69) is 29.0 Å². The predicted octanol–water partition coefficient (Wildman–Crippen LogP) is 1.30. The Morgan fingerprint density at radius 1 is 1.64 bits per heavy atom. The van der Waals surface area contributed by atoms with E-state index in [1.165, 1.54) is 25.0 Å². The molecule has 0 aromatic heterocycles. The first-order valence-electron chi connectivity index (χ1n) is 5.37. The molecule has 0 saturated carbocycles. The van der Waals surface area contributed by atoms with E-state index in [4.69, 9.17) is 5.84 Å². The highest BCUT2D eigenvalue weighted by Crippen LogP contribution is 2.21. The van der Waals surface area contributed by atoms with Crippen LogP contribution >= 0.6 is 0 Å². The summed E-state index contributed by atoms with van der Waals surface area (Å²) in [5, 5.41) is 3.44. The number of rotatable bonds is 5. The number of hydrazine groups is 1. The van der Waals surface area contributed by atoms with E-state index < -0.39 is 0 Å². The van der Waals surface area contributed by atoms with Gasteiger partial charge in [-0.2, -0.15) is 0 Å². The number of nitrogens with one attached hydrogen (secondary N) is 2. The lowest BCUT2D eigenvalue weighted by molar-refractivity contribution is 0.452. The molecular weight excluding hydrogens is 174 g/mol. The van der Waals surface area contributed by atoms with Crippen molar-refractivity contribution in [1.82, 2.24) is 10.7 Å². The first-order chi connectivity index (χ1) is 6.88. The number of hydrogen-bond acceptors (Lipinski definition) is 3. The second kappa shape index (κ2) is 6.62. The van der Waals surface area contributed by atoms with Gasteiger partial charge in [0, 0.05) is 24.7 Å². The van der Waals surface area contributed by atoms with Gasteiger partial charge < -0.3 is 5.32 Å². The molecule has 0 aliphatic heterocycles. The van der Waals surface area contributed by atoms with Crippen LogP contribution in [0.15, 0.2) is 23.9 Å². The van der Waals surface area contributed by atoms with Crippen LogP contribution in [0, 0.1) is 5.92 Å². The summed E-state index contributed by atoms with van der Waals surface area (Å²) in [5.41, 5.74) is 4.11. The Labute approximate surface area is 86.4 Å². The van der Waals surface area contributed by atoms with Gasteiger partial charge in [-0.1, -0.05) is 18.2 Å². The predicted molar refractivity (Wildman–Crippen MR) is 60.4 cm³/mol. The summed E-state index contributed by atoms with van der Waals surface area (Å²) < 4.78 is 0. The minimum absolute atomic E-state index is 0.569. The molecule has 0 heterocycles. The molecule has 14 heavy (non-hydrogen) atoms. The molecule has 1 rings (SSSR count). The molecule has 1 aliphatic rings. The third kappa shape index (κ3) is 3.52. The van der Waals surface area contributed by atoms with Crippen LogP contribution in [-0.4, -0.2) is 13.1 Å². The number of nitrogens with two attached hydrogens (primary N) is 1. The highest BCUT2D eigenvalue weighted by Gasteiger charge is 2.15. The van der Waals surface area contributed by atoms with E-state index >= 15 is 0 Å². The van der Waals surface area contributed by atoms with Crippen LogP contribution < -0.4 is 16.6 Å². The lowest BCUT2D eigenvalue weighted by Gasteiger charge is -2.24. The number of hydrogen-bond donors (Lipinski definition) is 3. The smallest absolute Gasteiger partial charge is 0.0327 e. The first kappa shape index (κ1) is 11.3. The van der Waals surface area contributed by atoms with Crippen LogP contribution in [-0.2, 0) is 0 Å². The van der Waals surface area contributed by atoms with Crippen LogP contribution in [0.4, 0.5) is 0 Å². The standard InChI is InChI=1S/C11H21N3/c1-2-3-8-13-11-7-5-4-6-10(11)9-14-12/h2-3,7,10,13-14H,4-6,8-9,12H2,1H3/b3-2-. The molecule has 0 amide bonds. The average molecular weight is 195 g/mol. The highest BCUT2D eigenvalue weighted by molar-refractivity contribution is 5.09. The zero-order valence-corrected chi connectivity index (χ0v) is 8.92. The van der Waals surface area contributed by atoms with Gasteiger partial charge in [-0.15, -0.1) is 0 Å². The van der Waals surface area contributed by atoms with E-state index in [0.29, 0.717) is 5.92 Å². The van der Waals surface area contributed by atoms with Crippen molar-refractivity contribution in [3.63, 3.8) is 0 Å². The van der Waals surface area contributed by atoms with Crippen LogP contribution in [0.1, 0.15) is 26.2 Å². The molecule has 0 bridgehead atoms. The molecule has 0 saturated heterocycles. The third-order valence-electron chi connectivity index (χ3n) is 2.58. The summed E-state index contributed by atoms with van der Waals surface area (Å²) in [6, 6.07) is 0. The second-order valence-electron chi connectivity index (χ2n) is 3.65. The molecule has 3 heteroatoms. The summed E-state index contributed by atoms with van der Waals surface area (Å²) >= 11 is 0. The molecule has 0 radical (unpaired) electrons. The molecule has 0 spiro atoms. The average Bonchev–Trinajstić information content (AvgIpc) is 2.21. The minimum Gasteiger partial charge on any atom is -0.385 e. The largest absolute Gasteiger partial charge is 0.385 e. The first-order valence-corrected chi connectivity index (χ1v) is 5.37. The third-order valence-corrected chi connectivity index (χ3v) is 2.58. The Hall–Kier alpha value is -0.800. The summed E-state index contributed by atoms with van der Waals surface area (Å²) in [6.07, 6.45) is 10.2. The Kier molecular flexibility index (Phi) is 5.33. The van der Waals surface area contributed by atoms with Gasteiger partial charge in [0.25, 0.3) is 0 Å². The van der Waals surface area contributed by atoms with Gasteiger partial charge in [0.05, 0.1) is 0 Å².